The van der Waals surface area contributed by atoms with Gasteiger partial charge in [0.1, 0.15) is 0 Å². The van der Waals surface area contributed by atoms with E-state index < -0.39 is 0 Å². The number of hydrogen-bond donors (Lipinski definition) is 0. The fourth-order valence-corrected chi connectivity index (χ4v) is 4.04. The van der Waals surface area contributed by atoms with Crippen LogP contribution in [0.25, 0.3) is 10.9 Å². The molecule has 2 aromatic carbocycles. The number of esters is 1. The Hall–Kier alpha value is -2.79. The van der Waals surface area contributed by atoms with Gasteiger partial charge in [-0.1, -0.05) is 36.4 Å². The topological polar surface area (TPSA) is 37.7 Å². The fourth-order valence-electron chi connectivity index (χ4n) is 4.04. The Morgan fingerprint density at radius 2 is 1.64 bits per heavy atom. The standard InChI is InChI=1S/C23H27N3O2/c1-28-23(27)21-18-26(22-11-6-5-10-20(21)22)13-7-12-24-14-16-25(17-15-24)19-8-3-2-4-9-19/h2-6,8-11,18H,7,12-17H2,1H3. The highest BCUT2D eigenvalue weighted by Crippen LogP contribution is 2.22. The van der Waals surface area contributed by atoms with Crippen molar-refractivity contribution in [3.63, 3.8) is 0 Å². The van der Waals surface area contributed by atoms with Gasteiger partial charge in [0.15, 0.2) is 0 Å². The molecule has 0 N–H and O–H groups in total. The molecular weight excluding hydrogens is 350 g/mol. The van der Waals surface area contributed by atoms with Crippen LogP contribution in [0.15, 0.2) is 60.8 Å². The van der Waals surface area contributed by atoms with Crippen LogP contribution in [-0.4, -0.2) is 55.3 Å². The Kier molecular flexibility index (Phi) is 5.63. The van der Waals surface area contributed by atoms with Gasteiger partial charge >= 0.3 is 5.97 Å². The summed E-state index contributed by atoms with van der Waals surface area (Å²) in [5, 5.41) is 0.964. The van der Waals surface area contributed by atoms with Crippen LogP contribution in [0.1, 0.15) is 16.8 Å². The van der Waals surface area contributed by atoms with Crippen LogP contribution in [-0.2, 0) is 11.3 Å². The molecule has 4 rings (SSSR count). The summed E-state index contributed by atoms with van der Waals surface area (Å²) >= 11 is 0. The predicted octanol–water partition coefficient (Wildman–Crippen LogP) is 3.64. The van der Waals surface area contributed by atoms with Crippen LogP contribution in [0.3, 0.4) is 0 Å². The SMILES string of the molecule is COC(=O)c1cn(CCCN2CCN(c3ccccc3)CC2)c2ccccc12. The monoisotopic (exact) mass is 377 g/mol. The molecule has 28 heavy (non-hydrogen) atoms. The zero-order chi connectivity index (χ0) is 19.3. The second-order valence-corrected chi connectivity index (χ2v) is 7.26. The van der Waals surface area contributed by atoms with Gasteiger partial charge in [-0.25, -0.2) is 4.79 Å². The number of carbonyl (C=O) groups excluding carboxylic acids is 1. The summed E-state index contributed by atoms with van der Waals surface area (Å²) in [5.74, 6) is -0.271. The zero-order valence-electron chi connectivity index (χ0n) is 16.4. The van der Waals surface area contributed by atoms with Crippen LogP contribution in [0, 0.1) is 0 Å². The van der Waals surface area contributed by atoms with E-state index in [-0.39, 0.29) is 5.97 Å². The summed E-state index contributed by atoms with van der Waals surface area (Å²) in [6.07, 6.45) is 2.99. The molecule has 3 aromatic rings. The third-order valence-electron chi connectivity index (χ3n) is 5.56. The summed E-state index contributed by atoms with van der Waals surface area (Å²) in [6, 6.07) is 18.7. The number of rotatable bonds is 6. The maximum Gasteiger partial charge on any atom is 0.340 e. The molecule has 5 heteroatoms. The minimum atomic E-state index is -0.271. The number of benzene rings is 2. The van der Waals surface area contributed by atoms with Crippen molar-refractivity contribution in [1.82, 2.24) is 9.47 Å². The molecule has 0 radical (unpaired) electrons. The lowest BCUT2D eigenvalue weighted by atomic mass is 10.2. The van der Waals surface area contributed by atoms with Crippen LogP contribution < -0.4 is 4.90 Å². The van der Waals surface area contributed by atoms with Gasteiger partial charge in [0.05, 0.1) is 12.7 Å². The van der Waals surface area contributed by atoms with Crippen molar-refractivity contribution < 1.29 is 9.53 Å². The van der Waals surface area contributed by atoms with Gasteiger partial charge in [0, 0.05) is 55.5 Å². The lowest BCUT2D eigenvalue weighted by Gasteiger charge is -2.36. The number of methoxy groups -OCH3 is 1. The summed E-state index contributed by atoms with van der Waals surface area (Å²) in [7, 11) is 1.43. The van der Waals surface area contributed by atoms with Crippen molar-refractivity contribution in [3.8, 4) is 0 Å². The smallest absolute Gasteiger partial charge is 0.340 e. The van der Waals surface area contributed by atoms with Gasteiger partial charge in [0.2, 0.25) is 0 Å². The van der Waals surface area contributed by atoms with E-state index in [1.54, 1.807) is 0 Å². The van der Waals surface area contributed by atoms with Crippen molar-refractivity contribution in [2.24, 2.45) is 0 Å². The minimum Gasteiger partial charge on any atom is -0.465 e. The van der Waals surface area contributed by atoms with E-state index in [0.29, 0.717) is 5.56 Å². The maximum atomic E-state index is 12.1. The number of aryl methyl sites for hydroxylation is 1. The Morgan fingerprint density at radius 1 is 0.929 bits per heavy atom. The molecule has 0 bridgehead atoms. The number of ether oxygens (including phenoxy) is 1. The average molecular weight is 377 g/mol. The largest absolute Gasteiger partial charge is 0.465 e. The second-order valence-electron chi connectivity index (χ2n) is 7.26. The number of aromatic nitrogens is 1. The normalized spacial score (nSPS) is 15.1. The quantitative estimate of drug-likeness (QED) is 0.615. The van der Waals surface area contributed by atoms with Gasteiger partial charge in [-0.05, 0) is 31.2 Å². The summed E-state index contributed by atoms with van der Waals surface area (Å²) in [4.78, 5) is 17.1. The molecule has 1 aliphatic heterocycles. The number of piperazine rings is 1. The molecule has 1 saturated heterocycles. The highest BCUT2D eigenvalue weighted by Gasteiger charge is 2.18. The third-order valence-corrected chi connectivity index (χ3v) is 5.56. The number of para-hydroxylation sites is 2. The maximum absolute atomic E-state index is 12.1. The lowest BCUT2D eigenvalue weighted by Crippen LogP contribution is -2.46. The summed E-state index contributed by atoms with van der Waals surface area (Å²) in [6.45, 7) is 6.30. The molecule has 1 fully saturated rings. The van der Waals surface area contributed by atoms with Crippen LogP contribution in [0.2, 0.25) is 0 Å². The molecule has 0 atom stereocenters. The number of nitrogens with zero attached hydrogens (tertiary/aromatic N) is 3. The Labute approximate surface area is 166 Å². The van der Waals surface area contributed by atoms with E-state index in [9.17, 15) is 4.79 Å². The highest BCUT2D eigenvalue weighted by molar-refractivity contribution is 6.04. The van der Waals surface area contributed by atoms with Crippen LogP contribution >= 0.6 is 0 Å². The molecule has 0 amide bonds. The first kappa shape index (κ1) is 18.6. The third kappa shape index (κ3) is 3.90. The van der Waals surface area contributed by atoms with Crippen molar-refractivity contribution in [1.29, 1.82) is 0 Å². The first-order valence-electron chi connectivity index (χ1n) is 9.95. The van der Waals surface area contributed by atoms with Crippen molar-refractivity contribution >= 4 is 22.6 Å². The van der Waals surface area contributed by atoms with E-state index in [0.717, 1.165) is 56.6 Å². The van der Waals surface area contributed by atoms with Crippen molar-refractivity contribution in [3.05, 3.63) is 66.4 Å². The molecule has 1 aromatic heterocycles. The Balaban J connectivity index is 1.33. The summed E-state index contributed by atoms with van der Waals surface area (Å²) < 4.78 is 7.12. The van der Waals surface area contributed by atoms with E-state index in [1.807, 2.05) is 24.4 Å². The molecule has 0 unspecified atom stereocenters. The number of hydrogen-bond acceptors (Lipinski definition) is 4. The first-order chi connectivity index (χ1) is 13.8. The molecule has 2 heterocycles. The van der Waals surface area contributed by atoms with Gasteiger partial charge in [-0.2, -0.15) is 0 Å². The zero-order valence-corrected chi connectivity index (χ0v) is 16.4. The molecule has 0 saturated carbocycles. The van der Waals surface area contributed by atoms with E-state index in [4.69, 9.17) is 4.74 Å². The predicted molar refractivity (Wildman–Crippen MR) is 113 cm³/mol. The second kappa shape index (κ2) is 8.48. The summed E-state index contributed by atoms with van der Waals surface area (Å²) in [5.41, 5.74) is 3.06. The molecule has 5 nitrogen and oxygen atoms in total. The lowest BCUT2D eigenvalue weighted by molar-refractivity contribution is 0.0602. The Bertz CT molecular complexity index is 927. The molecule has 146 valence electrons. The minimum absolute atomic E-state index is 0.271. The van der Waals surface area contributed by atoms with Crippen LogP contribution in [0.4, 0.5) is 5.69 Å². The molecule has 0 spiro atoms. The van der Waals surface area contributed by atoms with Gasteiger partial charge in [-0.15, -0.1) is 0 Å². The van der Waals surface area contributed by atoms with Crippen molar-refractivity contribution in [2.75, 3.05) is 44.7 Å². The first-order valence-corrected chi connectivity index (χ1v) is 9.95. The van der Waals surface area contributed by atoms with E-state index in [2.05, 4.69) is 50.8 Å². The fraction of sp³-hybridized carbons (Fsp3) is 0.348. The molecule has 0 aliphatic carbocycles. The van der Waals surface area contributed by atoms with Crippen molar-refractivity contribution in [2.45, 2.75) is 13.0 Å². The van der Waals surface area contributed by atoms with Gasteiger partial charge in [-0.3, -0.25) is 4.90 Å². The average Bonchev–Trinajstić information content (AvgIpc) is 3.13. The van der Waals surface area contributed by atoms with Gasteiger partial charge in [0.25, 0.3) is 0 Å². The van der Waals surface area contributed by atoms with Crippen LogP contribution in [0.5, 0.6) is 0 Å². The van der Waals surface area contributed by atoms with E-state index >= 15 is 0 Å². The molecule has 1 aliphatic rings. The Morgan fingerprint density at radius 3 is 2.39 bits per heavy atom. The number of carbonyl (C=O) groups is 1. The molecular formula is C23H27N3O2. The van der Waals surface area contributed by atoms with E-state index in [1.165, 1.54) is 12.8 Å². The van der Waals surface area contributed by atoms with Gasteiger partial charge < -0.3 is 14.2 Å². The number of fused-ring (bicyclic) bond motifs is 1. The highest BCUT2D eigenvalue weighted by atomic mass is 16.5. The number of anilines is 1.